The number of nitrogens with two attached hydrogens (primary N) is 1. The number of urea groups is 1. The van der Waals surface area contributed by atoms with Gasteiger partial charge in [0.2, 0.25) is 0 Å². The molecule has 3 N–H and O–H groups in total. The molecule has 6 nitrogen and oxygen atoms in total. The molecule has 132 valence electrons. The fourth-order valence-corrected chi connectivity index (χ4v) is 3.08. The Bertz CT molecular complexity index is 792. The average Bonchev–Trinajstić information content (AvgIpc) is 3.00. The highest BCUT2D eigenvalue weighted by Gasteiger charge is 2.20. The van der Waals surface area contributed by atoms with E-state index in [1.165, 1.54) is 6.08 Å². The highest BCUT2D eigenvalue weighted by molar-refractivity contribution is 7.09. The number of primary amides is 1. The second kappa shape index (κ2) is 7.48. The molecule has 0 spiro atoms. The number of amides is 3. The zero-order valence-corrected chi connectivity index (χ0v) is 15.4. The van der Waals surface area contributed by atoms with Crippen LogP contribution in [0.4, 0.5) is 16.2 Å². The van der Waals surface area contributed by atoms with Gasteiger partial charge in [-0.2, -0.15) is 0 Å². The van der Waals surface area contributed by atoms with Crippen LogP contribution in [0.2, 0.25) is 0 Å². The van der Waals surface area contributed by atoms with Crippen molar-refractivity contribution in [2.75, 3.05) is 10.2 Å². The van der Waals surface area contributed by atoms with E-state index in [-0.39, 0.29) is 11.3 Å². The van der Waals surface area contributed by atoms with Crippen molar-refractivity contribution < 1.29 is 9.59 Å². The summed E-state index contributed by atoms with van der Waals surface area (Å²) in [7, 11) is 0. The molecule has 1 heterocycles. The van der Waals surface area contributed by atoms with Gasteiger partial charge in [-0.1, -0.05) is 33.4 Å². The van der Waals surface area contributed by atoms with Crippen LogP contribution in [0.15, 0.2) is 42.3 Å². The molecule has 0 saturated carbocycles. The lowest BCUT2D eigenvalue weighted by Gasteiger charge is -2.21. The van der Waals surface area contributed by atoms with E-state index in [2.05, 4.69) is 37.7 Å². The van der Waals surface area contributed by atoms with Crippen LogP contribution in [-0.2, 0) is 16.8 Å². The third kappa shape index (κ3) is 4.90. The van der Waals surface area contributed by atoms with E-state index >= 15 is 0 Å². The number of carbonyl (C=O) groups excluding carboxylic acids is 2. The summed E-state index contributed by atoms with van der Waals surface area (Å²) in [6, 6.07) is 6.25. The van der Waals surface area contributed by atoms with Gasteiger partial charge in [0.25, 0.3) is 5.91 Å². The summed E-state index contributed by atoms with van der Waals surface area (Å²) in [6.07, 6.45) is 1.26. The normalized spacial score (nSPS) is 11.0. The summed E-state index contributed by atoms with van der Waals surface area (Å²) in [5.74, 6) is -0.249. The van der Waals surface area contributed by atoms with Gasteiger partial charge in [-0.25, -0.2) is 9.78 Å². The van der Waals surface area contributed by atoms with Gasteiger partial charge < -0.3 is 16.0 Å². The Morgan fingerprint density at radius 1 is 1.40 bits per heavy atom. The Morgan fingerprint density at radius 3 is 2.68 bits per heavy atom. The predicted octanol–water partition coefficient (Wildman–Crippen LogP) is 3.65. The lowest BCUT2D eigenvalue weighted by molar-refractivity contribution is -0.114. The summed E-state index contributed by atoms with van der Waals surface area (Å²) in [6.45, 7) is 10.2. The first-order chi connectivity index (χ1) is 11.7. The molecular formula is C18H22N4O2S. The molecule has 0 unspecified atom stereocenters. The number of aromatic nitrogens is 1. The maximum absolute atomic E-state index is 12.3. The predicted molar refractivity (Wildman–Crippen MR) is 102 cm³/mol. The van der Waals surface area contributed by atoms with E-state index in [1.54, 1.807) is 40.5 Å². The molecule has 1 aromatic heterocycles. The van der Waals surface area contributed by atoms with Crippen LogP contribution in [-0.4, -0.2) is 16.9 Å². The summed E-state index contributed by atoms with van der Waals surface area (Å²) in [5.41, 5.74) is 7.05. The van der Waals surface area contributed by atoms with E-state index in [0.29, 0.717) is 17.9 Å². The molecule has 1 aromatic carbocycles. The molecule has 0 radical (unpaired) electrons. The maximum Gasteiger partial charge on any atom is 0.316 e. The lowest BCUT2D eigenvalue weighted by atomic mass is 9.98. The van der Waals surface area contributed by atoms with Crippen LogP contribution in [0.1, 0.15) is 31.5 Å². The number of nitrogens with one attached hydrogen (secondary N) is 1. The van der Waals surface area contributed by atoms with Crippen LogP contribution in [0.3, 0.4) is 0 Å². The topological polar surface area (TPSA) is 88.3 Å². The highest BCUT2D eigenvalue weighted by Crippen LogP contribution is 2.27. The molecule has 0 aliphatic heterocycles. The summed E-state index contributed by atoms with van der Waals surface area (Å²) < 4.78 is 0. The number of benzene rings is 1. The standard InChI is InChI=1S/C18H22N4O2S/c1-5-15(23)22(10-13-11-25-16(20-13)18(2,3)4)14-8-6-7-12(9-14)21-17(19)24/h5-9,11H,1,10H2,2-4H3,(H3,19,21,24). The highest BCUT2D eigenvalue weighted by atomic mass is 32.1. The summed E-state index contributed by atoms with van der Waals surface area (Å²) in [5, 5.41) is 5.47. The molecule has 2 aromatic rings. The zero-order valence-electron chi connectivity index (χ0n) is 14.6. The zero-order chi connectivity index (χ0) is 18.6. The summed E-state index contributed by atoms with van der Waals surface area (Å²) in [4.78, 5) is 29.6. The van der Waals surface area contributed by atoms with Crippen molar-refractivity contribution in [2.45, 2.75) is 32.7 Å². The van der Waals surface area contributed by atoms with Crippen LogP contribution in [0.5, 0.6) is 0 Å². The molecule has 0 aliphatic carbocycles. The Balaban J connectivity index is 2.31. The minimum absolute atomic E-state index is 0.0402. The quantitative estimate of drug-likeness (QED) is 0.800. The minimum atomic E-state index is -0.659. The smallest absolute Gasteiger partial charge is 0.316 e. The Labute approximate surface area is 151 Å². The maximum atomic E-state index is 12.3. The first kappa shape index (κ1) is 18.7. The van der Waals surface area contributed by atoms with Gasteiger partial charge in [-0.15, -0.1) is 11.3 Å². The fraction of sp³-hybridized carbons (Fsp3) is 0.278. The second-order valence-corrected chi connectivity index (χ2v) is 7.42. The molecule has 0 atom stereocenters. The first-order valence-corrected chi connectivity index (χ1v) is 8.64. The van der Waals surface area contributed by atoms with Crippen LogP contribution in [0, 0.1) is 0 Å². The van der Waals surface area contributed by atoms with Crippen molar-refractivity contribution in [1.29, 1.82) is 0 Å². The number of thiazole rings is 1. The van der Waals surface area contributed by atoms with Gasteiger partial charge in [-0.05, 0) is 24.3 Å². The molecule has 3 amide bonds. The molecule has 2 rings (SSSR count). The Hall–Kier alpha value is -2.67. The van der Waals surface area contributed by atoms with Gasteiger partial charge in [0.1, 0.15) is 0 Å². The number of rotatable bonds is 5. The van der Waals surface area contributed by atoms with Crippen molar-refractivity contribution in [3.05, 3.63) is 53.0 Å². The second-order valence-electron chi connectivity index (χ2n) is 6.56. The number of hydrogen-bond acceptors (Lipinski definition) is 4. The molecule has 0 aliphatic rings. The molecule has 0 fully saturated rings. The minimum Gasteiger partial charge on any atom is -0.351 e. The van der Waals surface area contributed by atoms with Gasteiger partial charge in [0.15, 0.2) is 0 Å². The average molecular weight is 358 g/mol. The van der Waals surface area contributed by atoms with Gasteiger partial charge in [0, 0.05) is 22.2 Å². The van der Waals surface area contributed by atoms with Crippen LogP contribution >= 0.6 is 11.3 Å². The van der Waals surface area contributed by atoms with Crippen LogP contribution in [0.25, 0.3) is 0 Å². The molecule has 7 heteroatoms. The van der Waals surface area contributed by atoms with Gasteiger partial charge in [-0.3, -0.25) is 4.79 Å². The lowest BCUT2D eigenvalue weighted by Crippen LogP contribution is -2.29. The number of hydrogen-bond donors (Lipinski definition) is 2. The van der Waals surface area contributed by atoms with E-state index in [0.717, 1.165) is 10.7 Å². The van der Waals surface area contributed by atoms with Crippen molar-refractivity contribution >= 4 is 34.6 Å². The van der Waals surface area contributed by atoms with Crippen LogP contribution < -0.4 is 16.0 Å². The third-order valence-electron chi connectivity index (χ3n) is 3.38. The first-order valence-electron chi connectivity index (χ1n) is 7.76. The van der Waals surface area contributed by atoms with E-state index < -0.39 is 6.03 Å². The van der Waals surface area contributed by atoms with Crippen molar-refractivity contribution in [3.63, 3.8) is 0 Å². The van der Waals surface area contributed by atoms with Crippen molar-refractivity contribution in [2.24, 2.45) is 5.73 Å². The largest absolute Gasteiger partial charge is 0.351 e. The monoisotopic (exact) mass is 358 g/mol. The number of nitrogens with zero attached hydrogens (tertiary/aromatic N) is 2. The molecule has 0 bridgehead atoms. The Kier molecular flexibility index (Phi) is 5.58. The number of anilines is 2. The molecule has 25 heavy (non-hydrogen) atoms. The van der Waals surface area contributed by atoms with E-state index in [1.807, 2.05) is 5.38 Å². The molecule has 0 saturated heterocycles. The van der Waals surface area contributed by atoms with E-state index in [4.69, 9.17) is 5.73 Å². The van der Waals surface area contributed by atoms with E-state index in [9.17, 15) is 9.59 Å². The molecular weight excluding hydrogens is 336 g/mol. The SMILES string of the molecule is C=CC(=O)N(Cc1csc(C(C)(C)C)n1)c1cccc(NC(N)=O)c1. The number of carbonyl (C=O) groups is 2. The van der Waals surface area contributed by atoms with Gasteiger partial charge >= 0.3 is 6.03 Å². The third-order valence-corrected chi connectivity index (χ3v) is 4.70. The Morgan fingerprint density at radius 2 is 2.12 bits per heavy atom. The van der Waals surface area contributed by atoms with Crippen molar-refractivity contribution in [1.82, 2.24) is 4.98 Å². The summed E-state index contributed by atoms with van der Waals surface area (Å²) >= 11 is 1.58. The van der Waals surface area contributed by atoms with Crippen molar-refractivity contribution in [3.8, 4) is 0 Å². The van der Waals surface area contributed by atoms with Gasteiger partial charge in [0.05, 0.1) is 17.2 Å². The fourth-order valence-electron chi connectivity index (χ4n) is 2.19.